The summed E-state index contributed by atoms with van der Waals surface area (Å²) in [4.78, 5) is 22.7. The predicted molar refractivity (Wildman–Crippen MR) is 68.8 cm³/mol. The van der Waals surface area contributed by atoms with E-state index in [0.717, 1.165) is 19.3 Å². The average Bonchev–Trinajstić information content (AvgIpc) is 2.26. The first-order chi connectivity index (χ1) is 8.01. The zero-order chi connectivity index (χ0) is 13.3. The first kappa shape index (κ1) is 15.9. The molecule has 0 spiro atoms. The van der Waals surface area contributed by atoms with Gasteiger partial charge in [-0.3, -0.25) is 10.1 Å². The van der Waals surface area contributed by atoms with Crippen LogP contribution in [0.5, 0.6) is 0 Å². The summed E-state index contributed by atoms with van der Waals surface area (Å²) >= 11 is 0. The van der Waals surface area contributed by atoms with Gasteiger partial charge in [-0.05, 0) is 27.2 Å². The second-order valence-electron chi connectivity index (χ2n) is 4.28. The number of imide groups is 1. The largest absolute Gasteiger partial charge is 0.338 e. The fourth-order valence-corrected chi connectivity index (χ4v) is 1.52. The van der Waals surface area contributed by atoms with E-state index in [0.29, 0.717) is 6.54 Å². The molecular formula is C12H25N3O2. The molecule has 3 N–H and O–H groups in total. The van der Waals surface area contributed by atoms with Gasteiger partial charge in [-0.2, -0.15) is 0 Å². The van der Waals surface area contributed by atoms with Crippen LogP contribution in [-0.2, 0) is 4.79 Å². The highest BCUT2D eigenvalue weighted by molar-refractivity contribution is 5.96. The minimum atomic E-state index is -0.438. The van der Waals surface area contributed by atoms with Crippen molar-refractivity contribution in [2.24, 2.45) is 0 Å². The Morgan fingerprint density at radius 1 is 1.18 bits per heavy atom. The van der Waals surface area contributed by atoms with Crippen LogP contribution >= 0.6 is 0 Å². The molecule has 3 amide bonds. The van der Waals surface area contributed by atoms with Crippen LogP contribution in [0.25, 0.3) is 0 Å². The number of carbonyl (C=O) groups excluding carboxylic acids is 2. The van der Waals surface area contributed by atoms with Crippen molar-refractivity contribution in [2.45, 2.75) is 59.0 Å². The van der Waals surface area contributed by atoms with E-state index >= 15 is 0 Å². The quantitative estimate of drug-likeness (QED) is 0.633. The Balaban J connectivity index is 3.92. The summed E-state index contributed by atoms with van der Waals surface area (Å²) in [7, 11) is 0. The van der Waals surface area contributed by atoms with Gasteiger partial charge in [-0.1, -0.05) is 19.8 Å². The van der Waals surface area contributed by atoms with E-state index < -0.39 is 6.03 Å². The number of hydrogen-bond acceptors (Lipinski definition) is 3. The predicted octanol–water partition coefficient (Wildman–Crippen LogP) is 1.39. The molecule has 0 aromatic heterocycles. The molecule has 5 heteroatoms. The molecule has 100 valence electrons. The summed E-state index contributed by atoms with van der Waals surface area (Å²) in [6.45, 7) is 8.26. The third-order valence-corrected chi connectivity index (χ3v) is 2.49. The Hall–Kier alpha value is -1.10. The highest BCUT2D eigenvalue weighted by Gasteiger charge is 2.16. The molecule has 0 aromatic rings. The van der Waals surface area contributed by atoms with Crippen LogP contribution in [0, 0.1) is 0 Å². The SMILES string of the molecule is CCCCC(C)NC(C)C(=O)NC(=O)NCC. The van der Waals surface area contributed by atoms with E-state index in [1.807, 2.05) is 6.92 Å². The van der Waals surface area contributed by atoms with Crippen LogP contribution in [0.2, 0.25) is 0 Å². The van der Waals surface area contributed by atoms with Gasteiger partial charge < -0.3 is 10.6 Å². The summed E-state index contributed by atoms with van der Waals surface area (Å²) in [6, 6.07) is -0.512. The van der Waals surface area contributed by atoms with Gasteiger partial charge in [0.15, 0.2) is 0 Å². The Morgan fingerprint density at radius 3 is 2.35 bits per heavy atom. The highest BCUT2D eigenvalue weighted by atomic mass is 16.2. The van der Waals surface area contributed by atoms with Gasteiger partial charge in [0.25, 0.3) is 0 Å². The fourth-order valence-electron chi connectivity index (χ4n) is 1.52. The van der Waals surface area contributed by atoms with Gasteiger partial charge in [-0.15, -0.1) is 0 Å². The van der Waals surface area contributed by atoms with Crippen molar-refractivity contribution >= 4 is 11.9 Å². The molecule has 0 aromatic carbocycles. The number of urea groups is 1. The van der Waals surface area contributed by atoms with E-state index in [2.05, 4.69) is 22.9 Å². The zero-order valence-electron chi connectivity index (χ0n) is 11.3. The monoisotopic (exact) mass is 243 g/mol. The van der Waals surface area contributed by atoms with E-state index in [1.165, 1.54) is 0 Å². The maximum absolute atomic E-state index is 11.6. The lowest BCUT2D eigenvalue weighted by atomic mass is 10.1. The summed E-state index contributed by atoms with van der Waals surface area (Å²) in [5.74, 6) is -0.292. The maximum Gasteiger partial charge on any atom is 0.321 e. The first-order valence-corrected chi connectivity index (χ1v) is 6.35. The van der Waals surface area contributed by atoms with Gasteiger partial charge in [-0.25, -0.2) is 4.79 Å². The molecule has 0 aliphatic rings. The number of hydrogen-bond donors (Lipinski definition) is 3. The lowest BCUT2D eigenvalue weighted by Crippen LogP contribution is -2.50. The van der Waals surface area contributed by atoms with E-state index in [9.17, 15) is 9.59 Å². The molecule has 0 bridgehead atoms. The third-order valence-electron chi connectivity index (χ3n) is 2.49. The van der Waals surface area contributed by atoms with Crippen LogP contribution in [-0.4, -0.2) is 30.6 Å². The summed E-state index contributed by atoms with van der Waals surface area (Å²) in [6.07, 6.45) is 3.32. The molecular weight excluding hydrogens is 218 g/mol. The minimum absolute atomic E-state index is 0.282. The van der Waals surface area contributed by atoms with Crippen molar-refractivity contribution in [2.75, 3.05) is 6.54 Å². The normalized spacial score (nSPS) is 13.9. The molecule has 0 saturated carbocycles. The molecule has 0 saturated heterocycles. The molecule has 0 rings (SSSR count). The van der Waals surface area contributed by atoms with Crippen molar-refractivity contribution in [3.05, 3.63) is 0 Å². The molecule has 2 unspecified atom stereocenters. The van der Waals surface area contributed by atoms with Gasteiger partial charge >= 0.3 is 6.03 Å². The second-order valence-corrected chi connectivity index (χ2v) is 4.28. The molecule has 0 fully saturated rings. The number of rotatable bonds is 7. The molecule has 0 aliphatic heterocycles. The topological polar surface area (TPSA) is 70.2 Å². The Morgan fingerprint density at radius 2 is 1.82 bits per heavy atom. The van der Waals surface area contributed by atoms with Crippen LogP contribution in [0.4, 0.5) is 4.79 Å². The number of nitrogens with one attached hydrogen (secondary N) is 3. The number of unbranched alkanes of at least 4 members (excludes halogenated alkanes) is 1. The van der Waals surface area contributed by atoms with Gasteiger partial charge in [0.05, 0.1) is 6.04 Å². The van der Waals surface area contributed by atoms with E-state index in [-0.39, 0.29) is 18.0 Å². The smallest absolute Gasteiger partial charge is 0.321 e. The fraction of sp³-hybridized carbons (Fsp3) is 0.833. The average molecular weight is 243 g/mol. The van der Waals surface area contributed by atoms with Crippen molar-refractivity contribution in [3.8, 4) is 0 Å². The highest BCUT2D eigenvalue weighted by Crippen LogP contribution is 2.00. The Labute approximate surface area is 104 Å². The minimum Gasteiger partial charge on any atom is -0.338 e. The Bertz CT molecular complexity index is 244. The van der Waals surface area contributed by atoms with Crippen molar-refractivity contribution < 1.29 is 9.59 Å². The van der Waals surface area contributed by atoms with Crippen molar-refractivity contribution in [3.63, 3.8) is 0 Å². The van der Waals surface area contributed by atoms with Gasteiger partial charge in [0.1, 0.15) is 0 Å². The van der Waals surface area contributed by atoms with Crippen LogP contribution in [0.15, 0.2) is 0 Å². The molecule has 0 aliphatic carbocycles. The van der Waals surface area contributed by atoms with Crippen molar-refractivity contribution in [1.29, 1.82) is 0 Å². The summed E-state index contributed by atoms with van der Waals surface area (Å²) in [5.41, 5.74) is 0. The summed E-state index contributed by atoms with van der Waals surface area (Å²) < 4.78 is 0. The third kappa shape index (κ3) is 7.74. The molecule has 2 atom stereocenters. The van der Waals surface area contributed by atoms with Gasteiger partial charge in [0, 0.05) is 12.6 Å². The second kappa shape index (κ2) is 8.98. The number of carbonyl (C=O) groups is 2. The Kier molecular flexibility index (Phi) is 8.40. The van der Waals surface area contributed by atoms with Crippen LogP contribution in [0.3, 0.4) is 0 Å². The molecule has 0 radical (unpaired) electrons. The standard InChI is InChI=1S/C12H25N3O2/c1-5-7-8-9(3)14-10(4)11(16)15-12(17)13-6-2/h9-10,14H,5-8H2,1-4H3,(H2,13,15,16,17). The van der Waals surface area contributed by atoms with Crippen LogP contribution in [0.1, 0.15) is 47.0 Å². The lowest BCUT2D eigenvalue weighted by Gasteiger charge is -2.19. The maximum atomic E-state index is 11.6. The molecule has 5 nitrogen and oxygen atoms in total. The lowest BCUT2D eigenvalue weighted by molar-refractivity contribution is -0.121. The van der Waals surface area contributed by atoms with Crippen molar-refractivity contribution in [1.82, 2.24) is 16.0 Å². The van der Waals surface area contributed by atoms with Gasteiger partial charge in [0.2, 0.25) is 5.91 Å². The van der Waals surface area contributed by atoms with Crippen LogP contribution < -0.4 is 16.0 Å². The number of amides is 3. The zero-order valence-corrected chi connectivity index (χ0v) is 11.3. The van der Waals surface area contributed by atoms with E-state index in [4.69, 9.17) is 0 Å². The van der Waals surface area contributed by atoms with E-state index in [1.54, 1.807) is 13.8 Å². The molecule has 0 heterocycles. The molecule has 17 heavy (non-hydrogen) atoms. The first-order valence-electron chi connectivity index (χ1n) is 6.35. The summed E-state index contributed by atoms with van der Waals surface area (Å²) in [5, 5.41) is 7.98.